The number of carbonyl (C=O) groups is 4. The molecule has 214 valence electrons. The standard InChI is InChI=1S/C29H41FN4O5/c1-16-11-20(17-5-6-17)27(22(12-16)29(38)33-7-9-39-10-8-33)34-15-18(13-25(34)36)31-28(37)21-14-24(35)32-26-19(21)3-2-4-23(26)30/h14,16-20,22-23,26-27H,2-13,15H2,1H3,(H,31,37)(H,32,35)/t16?,18-,19?,20?,22?,23?,26?,27?/m1/s1. The summed E-state index contributed by atoms with van der Waals surface area (Å²) >= 11 is 0. The molecule has 2 N–H and O–H groups in total. The fourth-order valence-corrected chi connectivity index (χ4v) is 8.04. The lowest BCUT2D eigenvalue weighted by Gasteiger charge is -2.47. The number of halogens is 1. The van der Waals surface area contributed by atoms with Crippen LogP contribution in [0.5, 0.6) is 0 Å². The molecule has 7 unspecified atom stereocenters. The highest BCUT2D eigenvalue weighted by Gasteiger charge is 2.52. The van der Waals surface area contributed by atoms with E-state index in [1.807, 2.05) is 9.80 Å². The molecular weight excluding hydrogens is 503 g/mol. The van der Waals surface area contributed by atoms with Crippen LogP contribution in [0, 0.1) is 29.6 Å². The number of amides is 4. The molecule has 3 aliphatic carbocycles. The minimum Gasteiger partial charge on any atom is -0.378 e. The normalized spacial score (nSPS) is 39.1. The average Bonchev–Trinajstić information content (AvgIpc) is 3.71. The van der Waals surface area contributed by atoms with Crippen LogP contribution in [0.4, 0.5) is 4.39 Å². The lowest BCUT2D eigenvalue weighted by atomic mass is 9.69. The van der Waals surface area contributed by atoms with Gasteiger partial charge in [0.25, 0.3) is 0 Å². The van der Waals surface area contributed by atoms with Crippen molar-refractivity contribution in [2.24, 2.45) is 29.6 Å². The van der Waals surface area contributed by atoms with Gasteiger partial charge in [0.05, 0.1) is 31.2 Å². The molecule has 10 heteroatoms. The second-order valence-corrected chi connectivity index (χ2v) is 12.7. The summed E-state index contributed by atoms with van der Waals surface area (Å²) < 4.78 is 20.0. The number of alkyl halides is 1. The fourth-order valence-electron chi connectivity index (χ4n) is 8.04. The molecule has 39 heavy (non-hydrogen) atoms. The summed E-state index contributed by atoms with van der Waals surface area (Å²) in [4.78, 5) is 56.7. The highest BCUT2D eigenvalue weighted by Crippen LogP contribution is 2.50. The van der Waals surface area contributed by atoms with Gasteiger partial charge in [-0.15, -0.1) is 0 Å². The Hall–Kier alpha value is -2.49. The Morgan fingerprint density at radius 1 is 1.10 bits per heavy atom. The summed E-state index contributed by atoms with van der Waals surface area (Å²) in [6.45, 7) is 4.83. The molecule has 5 fully saturated rings. The molecule has 3 heterocycles. The zero-order chi connectivity index (χ0) is 27.3. The molecule has 8 atom stereocenters. The Labute approximate surface area is 229 Å². The third-order valence-electron chi connectivity index (χ3n) is 9.98. The largest absolute Gasteiger partial charge is 0.378 e. The van der Waals surface area contributed by atoms with Crippen LogP contribution in [0.25, 0.3) is 0 Å². The number of hydrogen-bond donors (Lipinski definition) is 2. The Balaban J connectivity index is 1.19. The minimum absolute atomic E-state index is 0.0278. The van der Waals surface area contributed by atoms with Crippen molar-refractivity contribution >= 4 is 23.6 Å². The van der Waals surface area contributed by atoms with E-state index in [0.717, 1.165) is 25.7 Å². The zero-order valence-electron chi connectivity index (χ0n) is 22.8. The number of carbonyl (C=O) groups excluding carboxylic acids is 4. The van der Waals surface area contributed by atoms with E-state index in [9.17, 15) is 23.6 Å². The van der Waals surface area contributed by atoms with E-state index in [-0.39, 0.29) is 47.9 Å². The molecule has 0 aromatic rings. The van der Waals surface area contributed by atoms with Crippen molar-refractivity contribution in [2.45, 2.75) is 82.6 Å². The van der Waals surface area contributed by atoms with Crippen LogP contribution in [0.3, 0.4) is 0 Å². The number of rotatable bonds is 5. The van der Waals surface area contributed by atoms with Crippen molar-refractivity contribution in [3.8, 4) is 0 Å². The van der Waals surface area contributed by atoms with Crippen LogP contribution in [0.1, 0.15) is 58.3 Å². The summed E-state index contributed by atoms with van der Waals surface area (Å²) in [6, 6.07) is -1.24. The number of morpholine rings is 1. The molecule has 9 nitrogen and oxygen atoms in total. The third-order valence-corrected chi connectivity index (χ3v) is 9.98. The molecule has 6 rings (SSSR count). The number of ether oxygens (including phenoxy) is 1. The summed E-state index contributed by atoms with van der Waals surface area (Å²) in [6.07, 6.45) is 6.06. The lowest BCUT2D eigenvalue weighted by Crippen LogP contribution is -2.57. The topological polar surface area (TPSA) is 108 Å². The van der Waals surface area contributed by atoms with E-state index in [0.29, 0.717) is 69.5 Å². The molecule has 6 aliphatic rings. The molecule has 0 radical (unpaired) electrons. The molecule has 2 saturated heterocycles. The highest BCUT2D eigenvalue weighted by atomic mass is 19.1. The Morgan fingerprint density at radius 3 is 2.62 bits per heavy atom. The second-order valence-electron chi connectivity index (χ2n) is 12.7. The second kappa shape index (κ2) is 10.8. The number of nitrogens with one attached hydrogen (secondary N) is 2. The quantitative estimate of drug-likeness (QED) is 0.546. The van der Waals surface area contributed by atoms with Gasteiger partial charge in [-0.05, 0) is 62.7 Å². The molecular formula is C29H41FN4O5. The van der Waals surface area contributed by atoms with Gasteiger partial charge in [-0.2, -0.15) is 0 Å². The van der Waals surface area contributed by atoms with Gasteiger partial charge >= 0.3 is 0 Å². The van der Waals surface area contributed by atoms with Gasteiger partial charge in [0.2, 0.25) is 23.6 Å². The number of hydrogen-bond acceptors (Lipinski definition) is 5. The van der Waals surface area contributed by atoms with Gasteiger partial charge in [0, 0.05) is 49.7 Å². The van der Waals surface area contributed by atoms with Crippen molar-refractivity contribution in [3.63, 3.8) is 0 Å². The highest BCUT2D eigenvalue weighted by molar-refractivity contribution is 6.03. The van der Waals surface area contributed by atoms with Gasteiger partial charge in [-0.25, -0.2) is 4.39 Å². The summed E-state index contributed by atoms with van der Waals surface area (Å²) in [5.41, 5.74) is 0.319. The van der Waals surface area contributed by atoms with Crippen molar-refractivity contribution in [3.05, 3.63) is 11.6 Å². The third kappa shape index (κ3) is 5.33. The maximum atomic E-state index is 14.6. The van der Waals surface area contributed by atoms with E-state index in [1.54, 1.807) is 0 Å². The zero-order valence-corrected chi connectivity index (χ0v) is 22.8. The first-order valence-corrected chi connectivity index (χ1v) is 14.9. The lowest BCUT2D eigenvalue weighted by molar-refractivity contribution is -0.149. The van der Waals surface area contributed by atoms with Crippen LogP contribution in [0.15, 0.2) is 11.6 Å². The molecule has 3 aliphatic heterocycles. The van der Waals surface area contributed by atoms with E-state index in [1.165, 1.54) is 6.08 Å². The number of likely N-dealkylation sites (tertiary alicyclic amines) is 1. The van der Waals surface area contributed by atoms with E-state index >= 15 is 0 Å². The van der Waals surface area contributed by atoms with Crippen molar-refractivity contribution in [2.75, 3.05) is 32.8 Å². The van der Waals surface area contributed by atoms with Gasteiger partial charge in [-0.3, -0.25) is 19.2 Å². The van der Waals surface area contributed by atoms with Crippen LogP contribution < -0.4 is 10.6 Å². The van der Waals surface area contributed by atoms with Gasteiger partial charge in [-0.1, -0.05) is 6.92 Å². The van der Waals surface area contributed by atoms with Crippen molar-refractivity contribution in [1.29, 1.82) is 0 Å². The first-order chi connectivity index (χ1) is 18.8. The molecule has 0 aromatic carbocycles. The monoisotopic (exact) mass is 544 g/mol. The van der Waals surface area contributed by atoms with Crippen LogP contribution in [-0.4, -0.2) is 90.6 Å². The Morgan fingerprint density at radius 2 is 1.87 bits per heavy atom. The smallest absolute Gasteiger partial charge is 0.248 e. The first kappa shape index (κ1) is 26.7. The SMILES string of the molecule is CC1CC(C(=O)N2CCOCC2)C(N2C[C@H](NC(=O)C3=CC(=O)NC4C(F)CCCC34)CC2=O)C(C2CC2)C1. The molecule has 3 saturated carbocycles. The van der Waals surface area contributed by atoms with Gasteiger partial charge in [0.15, 0.2) is 0 Å². The summed E-state index contributed by atoms with van der Waals surface area (Å²) in [5, 5.41) is 5.70. The molecule has 4 amide bonds. The van der Waals surface area contributed by atoms with Crippen molar-refractivity contribution in [1.82, 2.24) is 20.4 Å². The van der Waals surface area contributed by atoms with Gasteiger partial charge < -0.3 is 25.2 Å². The fraction of sp³-hybridized carbons (Fsp3) is 0.793. The maximum Gasteiger partial charge on any atom is 0.248 e. The Bertz CT molecular complexity index is 1040. The molecule has 0 aromatic heterocycles. The molecule has 0 spiro atoms. The molecule has 0 bridgehead atoms. The number of fused-ring (bicyclic) bond motifs is 1. The van der Waals surface area contributed by atoms with Crippen LogP contribution >= 0.6 is 0 Å². The predicted octanol–water partition coefficient (Wildman–Crippen LogP) is 1.57. The predicted molar refractivity (Wildman–Crippen MR) is 140 cm³/mol. The minimum atomic E-state index is -1.17. The van der Waals surface area contributed by atoms with Crippen LogP contribution in [0.2, 0.25) is 0 Å². The summed E-state index contributed by atoms with van der Waals surface area (Å²) in [5.74, 6) is -0.0723. The van der Waals surface area contributed by atoms with Gasteiger partial charge in [0.1, 0.15) is 6.17 Å². The number of nitrogens with zero attached hydrogens (tertiary/aromatic N) is 2. The van der Waals surface area contributed by atoms with Crippen molar-refractivity contribution < 1.29 is 28.3 Å². The van der Waals surface area contributed by atoms with E-state index < -0.39 is 24.2 Å². The van der Waals surface area contributed by atoms with E-state index in [4.69, 9.17) is 4.74 Å². The summed E-state index contributed by atoms with van der Waals surface area (Å²) in [7, 11) is 0. The van der Waals surface area contributed by atoms with E-state index in [2.05, 4.69) is 17.6 Å². The Kier molecular flexibility index (Phi) is 7.41. The first-order valence-electron chi connectivity index (χ1n) is 14.9. The van der Waals surface area contributed by atoms with Crippen LogP contribution in [-0.2, 0) is 23.9 Å². The maximum absolute atomic E-state index is 14.6. The average molecular weight is 545 g/mol.